The summed E-state index contributed by atoms with van der Waals surface area (Å²) >= 11 is 3.05. The molecule has 0 saturated carbocycles. The molecule has 0 aromatic heterocycles. The second-order valence-electron chi connectivity index (χ2n) is 2.22. The number of hydrogen-bond donors (Lipinski definition) is 1. The van der Waals surface area contributed by atoms with E-state index < -0.39 is 0 Å². The summed E-state index contributed by atoms with van der Waals surface area (Å²) in [6, 6.07) is 0. The third-order valence-corrected chi connectivity index (χ3v) is 1.95. The van der Waals surface area contributed by atoms with E-state index in [1.54, 1.807) is 0 Å². The second kappa shape index (κ2) is 3.93. The van der Waals surface area contributed by atoms with E-state index in [9.17, 15) is 4.79 Å². The molecule has 1 aliphatic rings. The lowest BCUT2D eigenvalue weighted by molar-refractivity contribution is -0.120. The lowest BCUT2D eigenvalue weighted by Gasteiger charge is -2.26. The van der Waals surface area contributed by atoms with Gasteiger partial charge in [0, 0.05) is 13.2 Å². The van der Waals surface area contributed by atoms with Crippen LogP contribution in [0.4, 0.5) is 0 Å². The van der Waals surface area contributed by atoms with Crippen molar-refractivity contribution in [1.82, 2.24) is 5.32 Å². The Morgan fingerprint density at radius 1 is 1.80 bits per heavy atom. The fraction of sp³-hybridized carbons (Fsp3) is 0.833. The molecule has 58 valence electrons. The van der Waals surface area contributed by atoms with Gasteiger partial charge in [0.1, 0.15) is 0 Å². The molecule has 1 fully saturated rings. The maximum atomic E-state index is 10.6. The molecule has 4 heteroatoms. The van der Waals surface area contributed by atoms with Crippen LogP contribution in [-0.4, -0.2) is 30.5 Å². The minimum Gasteiger partial charge on any atom is -0.376 e. The normalized spacial score (nSPS) is 23.5. The molecule has 1 rings (SSSR count). The number of rotatable bonds is 3. The molecule has 10 heavy (non-hydrogen) atoms. The van der Waals surface area contributed by atoms with E-state index in [4.69, 9.17) is 4.74 Å². The lowest BCUT2D eigenvalue weighted by atomic mass is 10.2. The first-order valence-corrected chi connectivity index (χ1v) is 4.39. The van der Waals surface area contributed by atoms with Crippen LogP contribution < -0.4 is 5.32 Å². The number of amides is 1. The number of nitrogens with one attached hydrogen (secondary N) is 1. The predicted octanol–water partition coefficient (Wildman–Crippen LogP) is 0.286. The predicted molar refractivity (Wildman–Crippen MR) is 41.2 cm³/mol. The summed E-state index contributed by atoms with van der Waals surface area (Å²) in [6.07, 6.45) is 1.34. The van der Waals surface area contributed by atoms with Gasteiger partial charge < -0.3 is 10.1 Å². The molecule has 1 aliphatic heterocycles. The van der Waals surface area contributed by atoms with Crippen molar-refractivity contribution >= 4 is 21.8 Å². The highest BCUT2D eigenvalue weighted by Crippen LogP contribution is 2.08. The van der Waals surface area contributed by atoms with Crippen molar-refractivity contribution in [2.75, 3.05) is 18.5 Å². The molecule has 1 saturated heterocycles. The summed E-state index contributed by atoms with van der Waals surface area (Å²) in [4.78, 5) is 10.6. The fourth-order valence-electron chi connectivity index (χ4n) is 0.720. The molecule has 0 aromatic rings. The second-order valence-corrected chi connectivity index (χ2v) is 2.78. The first kappa shape index (κ1) is 8.01. The molecule has 0 bridgehead atoms. The first-order chi connectivity index (χ1) is 4.83. The molecule has 1 heterocycles. The Labute approximate surface area is 68.3 Å². The van der Waals surface area contributed by atoms with Crippen LogP contribution in [-0.2, 0) is 9.53 Å². The summed E-state index contributed by atoms with van der Waals surface area (Å²) < 4.78 is 5.10. The average Bonchev–Trinajstić information content (AvgIpc) is 1.84. The van der Waals surface area contributed by atoms with Gasteiger partial charge in [0.05, 0.1) is 11.4 Å². The van der Waals surface area contributed by atoms with Gasteiger partial charge in [-0.3, -0.25) is 4.79 Å². The van der Waals surface area contributed by atoms with Crippen LogP contribution in [0.15, 0.2) is 0 Å². The van der Waals surface area contributed by atoms with Gasteiger partial charge in [-0.05, 0) is 6.42 Å². The van der Waals surface area contributed by atoms with Crippen LogP contribution in [0, 0.1) is 0 Å². The molecule has 0 aliphatic carbocycles. The Hall–Kier alpha value is -0.0900. The molecule has 1 amide bonds. The number of ether oxygens (including phenoxy) is 1. The van der Waals surface area contributed by atoms with Crippen LogP contribution in [0.1, 0.15) is 6.42 Å². The molecule has 1 unspecified atom stereocenters. The number of alkyl halides is 1. The molecule has 1 atom stereocenters. The summed E-state index contributed by atoms with van der Waals surface area (Å²) in [5.74, 6) is 0.0236. The Bertz CT molecular complexity index is 125. The Morgan fingerprint density at radius 3 is 2.90 bits per heavy atom. The lowest BCUT2D eigenvalue weighted by Crippen LogP contribution is -2.40. The number of hydrogen-bond acceptors (Lipinski definition) is 2. The summed E-state index contributed by atoms with van der Waals surface area (Å²) in [5, 5.41) is 3.10. The van der Waals surface area contributed by atoms with Crippen LogP contribution in [0.5, 0.6) is 0 Å². The van der Waals surface area contributed by atoms with Crippen molar-refractivity contribution < 1.29 is 9.53 Å². The van der Waals surface area contributed by atoms with Gasteiger partial charge in [-0.25, -0.2) is 0 Å². The summed E-state index contributed by atoms with van der Waals surface area (Å²) in [5.41, 5.74) is 0. The van der Waals surface area contributed by atoms with Crippen LogP contribution in [0.2, 0.25) is 0 Å². The maximum absolute atomic E-state index is 10.6. The maximum Gasteiger partial charge on any atom is 0.230 e. The van der Waals surface area contributed by atoms with Gasteiger partial charge in [0.25, 0.3) is 0 Å². The van der Waals surface area contributed by atoms with Gasteiger partial charge in [-0.2, -0.15) is 0 Å². The third-order valence-electron chi connectivity index (χ3n) is 1.44. The zero-order chi connectivity index (χ0) is 7.40. The zero-order valence-electron chi connectivity index (χ0n) is 5.60. The fourth-order valence-corrected chi connectivity index (χ4v) is 0.919. The van der Waals surface area contributed by atoms with Crippen molar-refractivity contribution in [1.29, 1.82) is 0 Å². The van der Waals surface area contributed by atoms with Crippen molar-refractivity contribution in [3.8, 4) is 0 Å². The van der Waals surface area contributed by atoms with Crippen LogP contribution in [0.3, 0.4) is 0 Å². The monoisotopic (exact) mass is 207 g/mol. The average molecular weight is 208 g/mol. The molecule has 0 aromatic carbocycles. The van der Waals surface area contributed by atoms with Gasteiger partial charge in [0.15, 0.2) is 0 Å². The standard InChI is InChI=1S/C6H10BrNO2/c7-3-6(9)8-4-5-1-2-10-5/h5H,1-4H2,(H,8,9). The van der Waals surface area contributed by atoms with Gasteiger partial charge in [0.2, 0.25) is 5.91 Å². The first-order valence-electron chi connectivity index (χ1n) is 3.27. The SMILES string of the molecule is O=C(CBr)NCC1CCO1. The highest BCUT2D eigenvalue weighted by molar-refractivity contribution is 9.09. The smallest absolute Gasteiger partial charge is 0.230 e. The molecular weight excluding hydrogens is 198 g/mol. The summed E-state index contributed by atoms with van der Waals surface area (Å²) in [7, 11) is 0. The van der Waals surface area contributed by atoms with E-state index >= 15 is 0 Å². The van der Waals surface area contributed by atoms with E-state index in [2.05, 4.69) is 21.2 Å². The van der Waals surface area contributed by atoms with E-state index in [1.807, 2.05) is 0 Å². The number of halogens is 1. The van der Waals surface area contributed by atoms with Gasteiger partial charge in [-0.1, -0.05) is 15.9 Å². The molecule has 0 radical (unpaired) electrons. The minimum atomic E-state index is 0.0236. The van der Waals surface area contributed by atoms with E-state index in [0.29, 0.717) is 11.9 Å². The molecule has 1 N–H and O–H groups in total. The van der Waals surface area contributed by atoms with E-state index in [-0.39, 0.29) is 12.0 Å². The van der Waals surface area contributed by atoms with E-state index in [1.165, 1.54) is 0 Å². The quantitative estimate of drug-likeness (QED) is 0.677. The minimum absolute atomic E-state index is 0.0236. The Kier molecular flexibility index (Phi) is 3.15. The Morgan fingerprint density at radius 2 is 2.50 bits per heavy atom. The summed E-state index contributed by atoms with van der Waals surface area (Å²) in [6.45, 7) is 1.50. The highest BCUT2D eigenvalue weighted by atomic mass is 79.9. The Balaban J connectivity index is 1.98. The van der Waals surface area contributed by atoms with Gasteiger partial charge >= 0.3 is 0 Å². The third kappa shape index (κ3) is 2.27. The van der Waals surface area contributed by atoms with Crippen molar-refractivity contribution in [3.05, 3.63) is 0 Å². The number of carbonyl (C=O) groups excluding carboxylic acids is 1. The van der Waals surface area contributed by atoms with Crippen molar-refractivity contribution in [3.63, 3.8) is 0 Å². The van der Waals surface area contributed by atoms with Crippen molar-refractivity contribution in [2.24, 2.45) is 0 Å². The largest absolute Gasteiger partial charge is 0.376 e. The van der Waals surface area contributed by atoms with Crippen LogP contribution >= 0.6 is 15.9 Å². The van der Waals surface area contributed by atoms with E-state index in [0.717, 1.165) is 13.0 Å². The zero-order valence-corrected chi connectivity index (χ0v) is 7.19. The molecular formula is C6H10BrNO2. The van der Waals surface area contributed by atoms with Crippen molar-refractivity contribution in [2.45, 2.75) is 12.5 Å². The van der Waals surface area contributed by atoms with Gasteiger partial charge in [-0.15, -0.1) is 0 Å². The molecule has 3 nitrogen and oxygen atoms in total. The topological polar surface area (TPSA) is 38.3 Å². The molecule has 0 spiro atoms. The van der Waals surface area contributed by atoms with Crippen LogP contribution in [0.25, 0.3) is 0 Å². The number of carbonyl (C=O) groups is 1. The highest BCUT2D eigenvalue weighted by Gasteiger charge is 2.17.